The summed E-state index contributed by atoms with van der Waals surface area (Å²) in [5, 5.41) is 35.1. The Morgan fingerprint density at radius 1 is 1.24 bits per heavy atom. The van der Waals surface area contributed by atoms with Crippen molar-refractivity contribution in [2.24, 2.45) is 10.4 Å². The van der Waals surface area contributed by atoms with Gasteiger partial charge in [0.2, 0.25) is 5.91 Å². The van der Waals surface area contributed by atoms with E-state index in [0.717, 1.165) is 0 Å². The van der Waals surface area contributed by atoms with Crippen LogP contribution in [0.1, 0.15) is 6.92 Å². The Labute approximate surface area is 96.8 Å². The first-order valence-electron chi connectivity index (χ1n) is 4.84. The fraction of sp³-hybridized carbons (Fsp3) is 0.875. The number of nitroso groups, excluding NO2 is 2. The molecule has 0 aliphatic rings. The highest BCUT2D eigenvalue weighted by atomic mass is 16.3. The van der Waals surface area contributed by atoms with Gasteiger partial charge in [-0.25, -0.2) is 0 Å². The molecule has 0 aliphatic carbocycles. The van der Waals surface area contributed by atoms with Crippen LogP contribution >= 0.6 is 0 Å². The summed E-state index contributed by atoms with van der Waals surface area (Å²) in [4.78, 5) is 30.9. The molecule has 4 atom stereocenters. The molecule has 9 heteroatoms. The third kappa shape index (κ3) is 5.43. The van der Waals surface area contributed by atoms with Gasteiger partial charge in [0.15, 0.2) is 0 Å². The van der Waals surface area contributed by atoms with E-state index >= 15 is 0 Å². The van der Waals surface area contributed by atoms with Gasteiger partial charge in [-0.05, 0) is 0 Å². The molecule has 0 aromatic heterocycles. The van der Waals surface area contributed by atoms with E-state index in [1.54, 1.807) is 0 Å². The van der Waals surface area contributed by atoms with Crippen LogP contribution in [0.25, 0.3) is 0 Å². The second-order valence-corrected chi connectivity index (χ2v) is 3.47. The van der Waals surface area contributed by atoms with Crippen LogP contribution in [0.5, 0.6) is 0 Å². The van der Waals surface area contributed by atoms with Crippen molar-refractivity contribution in [2.75, 3.05) is 13.1 Å². The number of carbonyl (C=O) groups is 1. The molecule has 98 valence electrons. The zero-order chi connectivity index (χ0) is 13.4. The third-order valence-electron chi connectivity index (χ3n) is 2.08. The van der Waals surface area contributed by atoms with E-state index in [4.69, 9.17) is 0 Å². The van der Waals surface area contributed by atoms with Crippen molar-refractivity contribution in [1.82, 2.24) is 5.32 Å². The Morgan fingerprint density at radius 2 is 1.82 bits per heavy atom. The highest BCUT2D eigenvalue weighted by Gasteiger charge is 2.33. The fourth-order valence-corrected chi connectivity index (χ4v) is 1.14. The summed E-state index contributed by atoms with van der Waals surface area (Å²) in [6.45, 7) is 0.279. The van der Waals surface area contributed by atoms with Crippen molar-refractivity contribution in [3.8, 4) is 0 Å². The second-order valence-electron chi connectivity index (χ2n) is 3.47. The van der Waals surface area contributed by atoms with Crippen LogP contribution in [0, 0.1) is 9.81 Å². The summed E-state index contributed by atoms with van der Waals surface area (Å²) in [7, 11) is 0. The standard InChI is InChI=1S/C8H15N3O6/c1-4(12)9-2-5(13)7(11-17)8(15)6(14)3-10-16/h5-8,13-15H,2-3H2,1H3,(H,9,12). The van der Waals surface area contributed by atoms with Gasteiger partial charge < -0.3 is 20.6 Å². The summed E-state index contributed by atoms with van der Waals surface area (Å²) in [5.41, 5.74) is 0. The molecular formula is C8H15N3O6. The molecule has 4 N–H and O–H groups in total. The Hall–Kier alpha value is -1.45. The van der Waals surface area contributed by atoms with Crippen molar-refractivity contribution in [3.05, 3.63) is 9.81 Å². The van der Waals surface area contributed by atoms with Gasteiger partial charge in [0.1, 0.15) is 24.8 Å². The second kappa shape index (κ2) is 7.76. The Bertz CT molecular complexity index is 274. The van der Waals surface area contributed by atoms with E-state index < -0.39 is 36.8 Å². The van der Waals surface area contributed by atoms with Crippen molar-refractivity contribution >= 4 is 5.91 Å². The molecule has 0 radical (unpaired) electrons. The number of aliphatic hydroxyl groups is 3. The maximum Gasteiger partial charge on any atom is 0.216 e. The van der Waals surface area contributed by atoms with Crippen molar-refractivity contribution in [2.45, 2.75) is 31.3 Å². The van der Waals surface area contributed by atoms with Gasteiger partial charge in [-0.15, -0.1) is 0 Å². The zero-order valence-corrected chi connectivity index (χ0v) is 9.18. The van der Waals surface area contributed by atoms with Crippen LogP contribution in [-0.4, -0.2) is 58.7 Å². The van der Waals surface area contributed by atoms with Gasteiger partial charge >= 0.3 is 0 Å². The molecule has 0 heterocycles. The number of hydrogen-bond donors (Lipinski definition) is 4. The lowest BCUT2D eigenvalue weighted by Crippen LogP contribution is -2.48. The summed E-state index contributed by atoms with van der Waals surface area (Å²) in [6, 6.07) is -1.56. The van der Waals surface area contributed by atoms with Crippen LogP contribution in [0.3, 0.4) is 0 Å². The average molecular weight is 249 g/mol. The average Bonchev–Trinajstić information content (AvgIpc) is 2.27. The molecule has 4 unspecified atom stereocenters. The van der Waals surface area contributed by atoms with Crippen LogP contribution in [0.4, 0.5) is 0 Å². The predicted molar refractivity (Wildman–Crippen MR) is 56.9 cm³/mol. The molecule has 0 saturated heterocycles. The minimum atomic E-state index is -1.73. The maximum atomic E-state index is 10.6. The summed E-state index contributed by atoms with van der Waals surface area (Å²) < 4.78 is 0. The van der Waals surface area contributed by atoms with Crippen molar-refractivity contribution in [3.63, 3.8) is 0 Å². The summed E-state index contributed by atoms with van der Waals surface area (Å²) >= 11 is 0. The normalized spacial score (nSPS) is 17.6. The van der Waals surface area contributed by atoms with E-state index in [-0.39, 0.29) is 6.54 Å². The number of nitrogens with zero attached hydrogens (tertiary/aromatic N) is 2. The smallest absolute Gasteiger partial charge is 0.216 e. The van der Waals surface area contributed by atoms with Gasteiger partial charge in [0, 0.05) is 13.5 Å². The first-order valence-corrected chi connectivity index (χ1v) is 4.84. The number of hydrogen-bond acceptors (Lipinski definition) is 8. The Morgan fingerprint density at radius 3 is 2.24 bits per heavy atom. The molecule has 0 rings (SSSR count). The molecule has 17 heavy (non-hydrogen) atoms. The molecule has 0 bridgehead atoms. The molecular weight excluding hydrogens is 234 g/mol. The van der Waals surface area contributed by atoms with Crippen LogP contribution in [0.2, 0.25) is 0 Å². The first kappa shape index (κ1) is 15.6. The monoisotopic (exact) mass is 249 g/mol. The molecule has 0 fully saturated rings. The quantitative estimate of drug-likeness (QED) is 0.369. The first-order chi connectivity index (χ1) is 7.93. The number of rotatable bonds is 8. The largest absolute Gasteiger partial charge is 0.389 e. The topological polar surface area (TPSA) is 149 Å². The van der Waals surface area contributed by atoms with Gasteiger partial charge in [-0.3, -0.25) is 4.79 Å². The number of aliphatic hydroxyl groups excluding tert-OH is 3. The van der Waals surface area contributed by atoms with Gasteiger partial charge in [-0.2, -0.15) is 9.81 Å². The molecule has 1 amide bonds. The van der Waals surface area contributed by atoms with Gasteiger partial charge in [-0.1, -0.05) is 10.4 Å². The highest BCUT2D eigenvalue weighted by Crippen LogP contribution is 2.09. The third-order valence-corrected chi connectivity index (χ3v) is 2.08. The lowest BCUT2D eigenvalue weighted by atomic mass is 10.0. The number of amides is 1. The van der Waals surface area contributed by atoms with E-state index in [1.165, 1.54) is 6.92 Å². The number of carbonyl (C=O) groups excluding carboxylic acids is 1. The maximum absolute atomic E-state index is 10.6. The van der Waals surface area contributed by atoms with E-state index in [1.807, 2.05) is 0 Å². The lowest BCUT2D eigenvalue weighted by molar-refractivity contribution is -0.119. The van der Waals surface area contributed by atoms with Crippen LogP contribution in [-0.2, 0) is 4.79 Å². The summed E-state index contributed by atoms with van der Waals surface area (Å²) in [6.07, 6.45) is -4.79. The van der Waals surface area contributed by atoms with E-state index in [2.05, 4.69) is 15.7 Å². The SMILES string of the molecule is CC(=O)NCC(O)C(N=O)C(O)C(O)CN=O. The van der Waals surface area contributed by atoms with Crippen molar-refractivity contribution in [1.29, 1.82) is 0 Å². The number of nitrogens with one attached hydrogen (secondary N) is 1. The molecule has 0 spiro atoms. The van der Waals surface area contributed by atoms with E-state index in [9.17, 15) is 29.9 Å². The zero-order valence-electron chi connectivity index (χ0n) is 9.18. The van der Waals surface area contributed by atoms with Crippen molar-refractivity contribution < 1.29 is 20.1 Å². The minimum absolute atomic E-state index is 0.302. The van der Waals surface area contributed by atoms with Gasteiger partial charge in [0.25, 0.3) is 0 Å². The Balaban J connectivity index is 4.42. The molecule has 0 aliphatic heterocycles. The van der Waals surface area contributed by atoms with Crippen LogP contribution < -0.4 is 5.32 Å². The fourth-order valence-electron chi connectivity index (χ4n) is 1.14. The van der Waals surface area contributed by atoms with E-state index in [0.29, 0.717) is 0 Å². The highest BCUT2D eigenvalue weighted by molar-refractivity contribution is 5.72. The molecule has 9 nitrogen and oxygen atoms in total. The summed E-state index contributed by atoms with van der Waals surface area (Å²) in [5.74, 6) is -0.432. The minimum Gasteiger partial charge on any atom is -0.389 e. The lowest BCUT2D eigenvalue weighted by Gasteiger charge is -2.24. The molecule has 0 aromatic carbocycles. The molecule has 0 saturated carbocycles. The predicted octanol–water partition coefficient (Wildman–Crippen LogP) is -1.89. The van der Waals surface area contributed by atoms with Gasteiger partial charge in [0.05, 0.1) is 6.10 Å². The molecule has 0 aromatic rings. The Kier molecular flexibility index (Phi) is 7.10. The van der Waals surface area contributed by atoms with Crippen LogP contribution in [0.15, 0.2) is 10.4 Å².